The second-order valence-electron chi connectivity index (χ2n) is 5.09. The number of carbonyl (C=O) groups excluding carboxylic acids is 1. The maximum absolute atomic E-state index is 11.6. The van der Waals surface area contributed by atoms with Crippen molar-refractivity contribution in [1.29, 1.82) is 0 Å². The molecule has 1 amide bonds. The van der Waals surface area contributed by atoms with Crippen molar-refractivity contribution < 1.29 is 13.9 Å². The van der Waals surface area contributed by atoms with Gasteiger partial charge in [0.15, 0.2) is 5.13 Å². The van der Waals surface area contributed by atoms with Crippen LogP contribution in [0.1, 0.15) is 32.0 Å². The van der Waals surface area contributed by atoms with Crippen LogP contribution < -0.4 is 5.32 Å². The van der Waals surface area contributed by atoms with Crippen LogP contribution in [0.25, 0.3) is 12.2 Å². The van der Waals surface area contributed by atoms with Gasteiger partial charge in [-0.05, 0) is 39.0 Å². The summed E-state index contributed by atoms with van der Waals surface area (Å²) >= 11 is 1.34. The van der Waals surface area contributed by atoms with Gasteiger partial charge in [0.2, 0.25) is 0 Å². The van der Waals surface area contributed by atoms with E-state index in [9.17, 15) is 4.79 Å². The van der Waals surface area contributed by atoms with Crippen LogP contribution in [-0.4, -0.2) is 16.7 Å². The summed E-state index contributed by atoms with van der Waals surface area (Å²) in [5, 5.41) is 4.96. The Morgan fingerprint density at radius 3 is 2.90 bits per heavy atom. The summed E-state index contributed by atoms with van der Waals surface area (Å²) in [4.78, 5) is 15.9. The van der Waals surface area contributed by atoms with Gasteiger partial charge in [0.25, 0.3) is 0 Å². The molecule has 0 atom stereocenters. The summed E-state index contributed by atoms with van der Waals surface area (Å²) in [6, 6.07) is 1.85. The summed E-state index contributed by atoms with van der Waals surface area (Å²) in [7, 11) is 0. The number of aromatic nitrogens is 1. The normalized spacial score (nSPS) is 11.8. The zero-order chi connectivity index (χ0) is 14.6. The lowest BCUT2D eigenvalue weighted by atomic mass is 10.2. The Labute approximate surface area is 121 Å². The summed E-state index contributed by atoms with van der Waals surface area (Å²) in [5.41, 5.74) is 1.20. The number of nitrogens with zero attached hydrogens (tertiary/aromatic N) is 1. The molecule has 0 aliphatic carbocycles. The number of anilines is 1. The van der Waals surface area contributed by atoms with Crippen LogP contribution in [0, 0.1) is 0 Å². The molecule has 5 nitrogen and oxygen atoms in total. The minimum Gasteiger partial charge on any atom is -0.472 e. The molecule has 0 aromatic carbocycles. The Hall–Kier alpha value is -2.08. The zero-order valence-corrected chi connectivity index (χ0v) is 12.4. The van der Waals surface area contributed by atoms with Crippen LogP contribution in [0.2, 0.25) is 0 Å². The Morgan fingerprint density at radius 1 is 1.45 bits per heavy atom. The van der Waals surface area contributed by atoms with Gasteiger partial charge in [0.1, 0.15) is 5.60 Å². The van der Waals surface area contributed by atoms with Crippen LogP contribution in [0.15, 0.2) is 28.4 Å². The van der Waals surface area contributed by atoms with Gasteiger partial charge in [0.05, 0.1) is 18.2 Å². The quantitative estimate of drug-likeness (QED) is 0.918. The molecule has 2 aromatic rings. The Kier molecular flexibility index (Phi) is 4.24. The molecule has 1 N–H and O–H groups in total. The first kappa shape index (κ1) is 14.3. The molecule has 0 radical (unpaired) electrons. The van der Waals surface area contributed by atoms with E-state index < -0.39 is 11.7 Å². The van der Waals surface area contributed by atoms with E-state index >= 15 is 0 Å². The number of furan rings is 1. The molecule has 2 aromatic heterocycles. The summed E-state index contributed by atoms with van der Waals surface area (Å²) in [6.07, 6.45) is 6.48. The molecule has 0 spiro atoms. The SMILES string of the molecule is CC(C)(C)OC(=O)Nc1nc(C=Cc2ccoc2)cs1. The van der Waals surface area contributed by atoms with Crippen molar-refractivity contribution >= 4 is 34.7 Å². The van der Waals surface area contributed by atoms with E-state index in [1.807, 2.05) is 44.4 Å². The topological polar surface area (TPSA) is 64.4 Å². The zero-order valence-electron chi connectivity index (χ0n) is 11.5. The standard InChI is InChI=1S/C14H16N2O3S/c1-14(2,3)19-13(17)16-12-15-11(9-20-12)5-4-10-6-7-18-8-10/h4-9H,1-3H3,(H,15,16,17). The average molecular weight is 292 g/mol. The van der Waals surface area contributed by atoms with Crippen molar-refractivity contribution in [2.24, 2.45) is 0 Å². The van der Waals surface area contributed by atoms with Gasteiger partial charge in [-0.3, -0.25) is 5.32 Å². The van der Waals surface area contributed by atoms with E-state index in [-0.39, 0.29) is 0 Å². The second-order valence-corrected chi connectivity index (χ2v) is 5.95. The van der Waals surface area contributed by atoms with Crippen molar-refractivity contribution in [1.82, 2.24) is 4.98 Å². The van der Waals surface area contributed by atoms with Crippen LogP contribution in [0.5, 0.6) is 0 Å². The number of nitrogens with one attached hydrogen (secondary N) is 1. The number of ether oxygens (including phenoxy) is 1. The molecule has 20 heavy (non-hydrogen) atoms. The van der Waals surface area contributed by atoms with E-state index in [2.05, 4.69) is 10.3 Å². The first-order valence-electron chi connectivity index (χ1n) is 6.08. The Morgan fingerprint density at radius 2 is 2.25 bits per heavy atom. The van der Waals surface area contributed by atoms with Gasteiger partial charge < -0.3 is 9.15 Å². The number of carbonyl (C=O) groups is 1. The van der Waals surface area contributed by atoms with Crippen molar-refractivity contribution in [3.8, 4) is 0 Å². The molecule has 2 heterocycles. The number of amides is 1. The second kappa shape index (κ2) is 5.92. The molecule has 106 valence electrons. The highest BCUT2D eigenvalue weighted by molar-refractivity contribution is 7.14. The van der Waals surface area contributed by atoms with Gasteiger partial charge in [-0.2, -0.15) is 0 Å². The van der Waals surface area contributed by atoms with Crippen LogP contribution in [-0.2, 0) is 4.74 Å². The van der Waals surface area contributed by atoms with E-state index in [1.54, 1.807) is 12.5 Å². The minimum absolute atomic E-state index is 0.503. The van der Waals surface area contributed by atoms with Gasteiger partial charge in [-0.15, -0.1) is 11.3 Å². The molecular formula is C14H16N2O3S. The molecule has 0 saturated heterocycles. The van der Waals surface area contributed by atoms with Crippen molar-refractivity contribution in [3.05, 3.63) is 35.2 Å². The summed E-state index contributed by atoms with van der Waals surface area (Å²) in [6.45, 7) is 5.44. The van der Waals surface area contributed by atoms with Gasteiger partial charge in [0, 0.05) is 10.9 Å². The van der Waals surface area contributed by atoms with E-state index in [1.165, 1.54) is 11.3 Å². The highest BCUT2D eigenvalue weighted by Gasteiger charge is 2.16. The lowest BCUT2D eigenvalue weighted by molar-refractivity contribution is 0.0636. The fourth-order valence-electron chi connectivity index (χ4n) is 1.36. The first-order valence-corrected chi connectivity index (χ1v) is 6.96. The van der Waals surface area contributed by atoms with E-state index in [0.717, 1.165) is 11.3 Å². The molecule has 0 unspecified atom stereocenters. The largest absolute Gasteiger partial charge is 0.472 e. The predicted molar refractivity (Wildman–Crippen MR) is 79.6 cm³/mol. The third-order valence-corrected chi connectivity index (χ3v) is 2.90. The molecule has 0 aliphatic rings. The highest BCUT2D eigenvalue weighted by Crippen LogP contribution is 2.18. The number of rotatable bonds is 3. The summed E-state index contributed by atoms with van der Waals surface area (Å²) < 4.78 is 10.1. The van der Waals surface area contributed by atoms with E-state index in [4.69, 9.17) is 9.15 Å². The van der Waals surface area contributed by atoms with Crippen LogP contribution >= 0.6 is 11.3 Å². The van der Waals surface area contributed by atoms with Crippen molar-refractivity contribution in [2.75, 3.05) is 5.32 Å². The monoisotopic (exact) mass is 292 g/mol. The van der Waals surface area contributed by atoms with Crippen LogP contribution in [0.3, 0.4) is 0 Å². The molecular weight excluding hydrogens is 276 g/mol. The molecule has 2 rings (SSSR count). The third-order valence-electron chi connectivity index (χ3n) is 2.12. The van der Waals surface area contributed by atoms with Gasteiger partial charge >= 0.3 is 6.09 Å². The molecule has 6 heteroatoms. The number of thiazole rings is 1. The fraction of sp³-hybridized carbons (Fsp3) is 0.286. The lowest BCUT2D eigenvalue weighted by Crippen LogP contribution is -2.27. The van der Waals surface area contributed by atoms with Gasteiger partial charge in [-0.25, -0.2) is 9.78 Å². The summed E-state index contributed by atoms with van der Waals surface area (Å²) in [5.74, 6) is 0. The Bertz CT molecular complexity index is 594. The van der Waals surface area contributed by atoms with E-state index in [0.29, 0.717) is 5.13 Å². The van der Waals surface area contributed by atoms with Gasteiger partial charge in [-0.1, -0.05) is 0 Å². The van der Waals surface area contributed by atoms with Crippen molar-refractivity contribution in [2.45, 2.75) is 26.4 Å². The first-order chi connectivity index (χ1) is 9.42. The Balaban J connectivity index is 1.94. The smallest absolute Gasteiger partial charge is 0.413 e. The lowest BCUT2D eigenvalue weighted by Gasteiger charge is -2.18. The maximum Gasteiger partial charge on any atom is 0.413 e. The number of hydrogen-bond donors (Lipinski definition) is 1. The maximum atomic E-state index is 11.6. The van der Waals surface area contributed by atoms with Crippen molar-refractivity contribution in [3.63, 3.8) is 0 Å². The third kappa shape index (κ3) is 4.55. The highest BCUT2D eigenvalue weighted by atomic mass is 32.1. The fourth-order valence-corrected chi connectivity index (χ4v) is 2.03. The number of hydrogen-bond acceptors (Lipinski definition) is 5. The minimum atomic E-state index is -0.522. The molecule has 0 saturated carbocycles. The predicted octanol–water partition coefficient (Wildman–Crippen LogP) is 4.25. The van der Waals surface area contributed by atoms with Crippen LogP contribution in [0.4, 0.5) is 9.93 Å². The molecule has 0 fully saturated rings. The molecule has 0 bridgehead atoms. The molecule has 0 aliphatic heterocycles. The average Bonchev–Trinajstić information content (AvgIpc) is 2.94.